The molecule has 1 aromatic carbocycles. The van der Waals surface area contributed by atoms with Gasteiger partial charge in [0.1, 0.15) is 12.4 Å². The summed E-state index contributed by atoms with van der Waals surface area (Å²) in [7, 11) is 1.59. The van der Waals surface area contributed by atoms with Crippen LogP contribution in [0.25, 0.3) is 0 Å². The highest BCUT2D eigenvalue weighted by Crippen LogP contribution is 2.25. The van der Waals surface area contributed by atoms with Crippen LogP contribution in [0, 0.1) is 5.41 Å². The number of benzene rings is 1. The van der Waals surface area contributed by atoms with E-state index < -0.39 is 0 Å². The third-order valence-corrected chi connectivity index (χ3v) is 3.32. The lowest BCUT2D eigenvalue weighted by molar-refractivity contribution is 0.0705. The van der Waals surface area contributed by atoms with Crippen LogP contribution in [0.5, 0.6) is 5.75 Å². The minimum atomic E-state index is -0.0164. The number of carbonyl (C=O) groups is 1. The van der Waals surface area contributed by atoms with Crippen molar-refractivity contribution < 1.29 is 14.3 Å². The molecular formula is C15H21BrO3. The highest BCUT2D eigenvalue weighted by Gasteiger charge is 2.12. The molecular weight excluding hydrogens is 308 g/mol. The summed E-state index contributed by atoms with van der Waals surface area (Å²) in [6, 6.07) is 5.28. The molecule has 4 heteroatoms. The van der Waals surface area contributed by atoms with E-state index in [-0.39, 0.29) is 17.8 Å². The minimum absolute atomic E-state index is 0.0164. The molecule has 0 spiro atoms. The van der Waals surface area contributed by atoms with Crippen molar-refractivity contribution in [3.05, 3.63) is 28.2 Å². The van der Waals surface area contributed by atoms with Gasteiger partial charge in [-0.05, 0) is 46.0 Å². The summed E-state index contributed by atoms with van der Waals surface area (Å²) in [5, 5.41) is 0. The van der Waals surface area contributed by atoms with Crippen molar-refractivity contribution in [3.63, 3.8) is 0 Å². The Hall–Kier alpha value is -0.870. The average Bonchev–Trinajstić information content (AvgIpc) is 2.33. The number of halogens is 1. The molecule has 0 unspecified atom stereocenters. The van der Waals surface area contributed by atoms with E-state index in [1.54, 1.807) is 25.3 Å². The van der Waals surface area contributed by atoms with Crippen LogP contribution in [0.1, 0.15) is 37.6 Å². The second-order valence-corrected chi connectivity index (χ2v) is 6.49. The Labute approximate surface area is 123 Å². The molecule has 3 nitrogen and oxygen atoms in total. The molecule has 1 aromatic rings. The third kappa shape index (κ3) is 5.74. The molecule has 0 aliphatic heterocycles. The summed E-state index contributed by atoms with van der Waals surface area (Å²) < 4.78 is 11.3. The van der Waals surface area contributed by atoms with Crippen molar-refractivity contribution in [1.82, 2.24) is 0 Å². The van der Waals surface area contributed by atoms with Crippen molar-refractivity contribution >= 4 is 21.7 Å². The minimum Gasteiger partial charge on any atom is -0.496 e. The van der Waals surface area contributed by atoms with Gasteiger partial charge in [-0.2, -0.15) is 0 Å². The Bertz CT molecular complexity index is 436. The molecule has 0 amide bonds. The number of ether oxygens (including phenoxy) is 2. The van der Waals surface area contributed by atoms with Gasteiger partial charge < -0.3 is 9.47 Å². The van der Waals surface area contributed by atoms with Gasteiger partial charge in [0.25, 0.3) is 0 Å². The van der Waals surface area contributed by atoms with Crippen LogP contribution in [0.2, 0.25) is 0 Å². The summed E-state index contributed by atoms with van der Waals surface area (Å²) in [5.41, 5.74) is 0.857. The first-order chi connectivity index (χ1) is 8.83. The predicted octanol–water partition coefficient (Wildman–Crippen LogP) is 4.09. The lowest BCUT2D eigenvalue weighted by Crippen LogP contribution is -2.14. The molecule has 0 radical (unpaired) electrons. The number of Topliss-reactive ketones (excluding diaryl/α,β-unsaturated/α-hetero) is 1. The summed E-state index contributed by atoms with van der Waals surface area (Å²) in [5.74, 6) is 0.697. The molecule has 106 valence electrons. The average molecular weight is 329 g/mol. The first-order valence-corrected chi connectivity index (χ1v) is 7.07. The van der Waals surface area contributed by atoms with Crippen molar-refractivity contribution in [2.45, 2.75) is 27.2 Å². The number of hydrogen-bond acceptors (Lipinski definition) is 3. The van der Waals surface area contributed by atoms with Crippen molar-refractivity contribution in [3.8, 4) is 5.75 Å². The number of hydrogen-bond donors (Lipinski definition) is 0. The number of rotatable bonds is 6. The van der Waals surface area contributed by atoms with Gasteiger partial charge in [0.05, 0.1) is 11.6 Å². The molecule has 0 saturated heterocycles. The molecule has 0 heterocycles. The summed E-state index contributed by atoms with van der Waals surface area (Å²) in [4.78, 5) is 11.9. The third-order valence-electron chi connectivity index (χ3n) is 2.70. The standard InChI is InChI=1S/C15H21BrO3/c1-15(2,3)7-8-19-10-13(17)11-5-6-14(18-4)12(16)9-11/h5-6,9H,7-8,10H2,1-4H3. The highest BCUT2D eigenvalue weighted by molar-refractivity contribution is 9.10. The Morgan fingerprint density at radius 1 is 1.32 bits per heavy atom. The maximum absolute atomic E-state index is 11.9. The smallest absolute Gasteiger partial charge is 0.188 e. The zero-order chi connectivity index (χ0) is 14.5. The van der Waals surface area contributed by atoms with Gasteiger partial charge in [0.15, 0.2) is 5.78 Å². The molecule has 19 heavy (non-hydrogen) atoms. The fourth-order valence-corrected chi connectivity index (χ4v) is 2.01. The van der Waals surface area contributed by atoms with Crippen LogP contribution < -0.4 is 4.74 Å². The second-order valence-electron chi connectivity index (χ2n) is 5.64. The molecule has 0 bridgehead atoms. The van der Waals surface area contributed by atoms with Gasteiger partial charge in [0.2, 0.25) is 0 Å². The second kappa shape index (κ2) is 7.06. The van der Waals surface area contributed by atoms with E-state index in [1.807, 2.05) is 0 Å². The van der Waals surface area contributed by atoms with Crippen LogP contribution in [-0.4, -0.2) is 26.1 Å². The van der Waals surface area contributed by atoms with Gasteiger partial charge in [-0.15, -0.1) is 0 Å². The fourth-order valence-electron chi connectivity index (χ4n) is 1.47. The summed E-state index contributed by atoms with van der Waals surface area (Å²) in [6.07, 6.45) is 0.937. The predicted molar refractivity (Wildman–Crippen MR) is 79.9 cm³/mol. The summed E-state index contributed by atoms with van der Waals surface area (Å²) in [6.45, 7) is 7.18. The van der Waals surface area contributed by atoms with Crippen molar-refractivity contribution in [2.75, 3.05) is 20.3 Å². The maximum Gasteiger partial charge on any atom is 0.188 e. The first-order valence-electron chi connectivity index (χ1n) is 6.28. The largest absolute Gasteiger partial charge is 0.496 e. The molecule has 1 rings (SSSR count). The van der Waals surface area contributed by atoms with Gasteiger partial charge in [-0.3, -0.25) is 4.79 Å². The highest BCUT2D eigenvalue weighted by atomic mass is 79.9. The van der Waals surface area contributed by atoms with E-state index in [0.29, 0.717) is 17.9 Å². The van der Waals surface area contributed by atoms with Gasteiger partial charge in [0, 0.05) is 12.2 Å². The van der Waals surface area contributed by atoms with Crippen LogP contribution in [0.3, 0.4) is 0 Å². The van der Waals surface area contributed by atoms with Crippen LogP contribution in [0.15, 0.2) is 22.7 Å². The van der Waals surface area contributed by atoms with Gasteiger partial charge in [-0.25, -0.2) is 0 Å². The van der Waals surface area contributed by atoms with Crippen LogP contribution >= 0.6 is 15.9 Å². The van der Waals surface area contributed by atoms with Crippen LogP contribution in [-0.2, 0) is 4.74 Å². The lowest BCUT2D eigenvalue weighted by Gasteiger charge is -2.17. The molecule has 0 atom stereocenters. The summed E-state index contributed by atoms with van der Waals surface area (Å²) >= 11 is 3.37. The maximum atomic E-state index is 11.9. The zero-order valence-corrected chi connectivity index (χ0v) is 13.5. The zero-order valence-electron chi connectivity index (χ0n) is 12.0. The Balaban J connectivity index is 2.48. The quantitative estimate of drug-likeness (QED) is 0.582. The fraction of sp³-hybridized carbons (Fsp3) is 0.533. The van der Waals surface area contributed by atoms with E-state index >= 15 is 0 Å². The first kappa shape index (κ1) is 16.2. The topological polar surface area (TPSA) is 35.5 Å². The van der Waals surface area contributed by atoms with Crippen LogP contribution in [0.4, 0.5) is 0 Å². The van der Waals surface area contributed by atoms with Crippen molar-refractivity contribution in [1.29, 1.82) is 0 Å². The SMILES string of the molecule is COc1ccc(C(=O)COCCC(C)(C)C)cc1Br. The van der Waals surface area contributed by atoms with E-state index in [0.717, 1.165) is 10.9 Å². The lowest BCUT2D eigenvalue weighted by atomic mass is 9.93. The number of carbonyl (C=O) groups excluding carboxylic acids is 1. The normalized spacial score (nSPS) is 11.4. The molecule has 0 saturated carbocycles. The van der Waals surface area contributed by atoms with Crippen molar-refractivity contribution in [2.24, 2.45) is 5.41 Å². The van der Waals surface area contributed by atoms with E-state index in [4.69, 9.17) is 9.47 Å². The Morgan fingerprint density at radius 2 is 2.00 bits per heavy atom. The van der Waals surface area contributed by atoms with E-state index in [1.165, 1.54) is 0 Å². The van der Waals surface area contributed by atoms with E-state index in [9.17, 15) is 4.79 Å². The number of methoxy groups -OCH3 is 1. The molecule has 0 fully saturated rings. The Kier molecular flexibility index (Phi) is 6.01. The molecule has 0 aliphatic carbocycles. The monoisotopic (exact) mass is 328 g/mol. The van der Waals surface area contributed by atoms with Gasteiger partial charge >= 0.3 is 0 Å². The number of ketones is 1. The molecule has 0 N–H and O–H groups in total. The van der Waals surface area contributed by atoms with E-state index in [2.05, 4.69) is 36.7 Å². The molecule has 0 aromatic heterocycles. The van der Waals surface area contributed by atoms with Gasteiger partial charge in [-0.1, -0.05) is 20.8 Å². The molecule has 0 aliphatic rings. The Morgan fingerprint density at radius 3 is 2.53 bits per heavy atom.